The van der Waals surface area contributed by atoms with Crippen LogP contribution < -0.4 is 0 Å². The molecule has 0 radical (unpaired) electrons. The van der Waals surface area contributed by atoms with Crippen molar-refractivity contribution in [2.45, 2.75) is 0 Å². The molecule has 0 amide bonds. The zero-order chi connectivity index (χ0) is 10.6. The molecular formula is C9H8ClFO2S. The molecular weight excluding hydrogens is 227 g/mol. The van der Waals surface area contributed by atoms with Gasteiger partial charge in [0.15, 0.2) is 0 Å². The number of benzene rings is 1. The summed E-state index contributed by atoms with van der Waals surface area (Å²) >= 11 is 0. The number of rotatable bonds is 3. The molecule has 1 rings (SSSR count). The lowest BCUT2D eigenvalue weighted by atomic mass is 10.2. The molecule has 0 bridgehead atoms. The summed E-state index contributed by atoms with van der Waals surface area (Å²) in [6, 6.07) is 6.07. The fourth-order valence-corrected chi connectivity index (χ4v) is 1.44. The molecule has 0 atom stereocenters. The Morgan fingerprint density at radius 1 is 1.36 bits per heavy atom. The minimum absolute atomic E-state index is 0.303. The van der Waals surface area contributed by atoms with Crippen LogP contribution in [-0.4, -0.2) is 14.2 Å². The van der Waals surface area contributed by atoms with Gasteiger partial charge in [0.25, 0.3) is 0 Å². The topological polar surface area (TPSA) is 34.1 Å². The van der Waals surface area contributed by atoms with Gasteiger partial charge in [-0.2, -0.15) is 0 Å². The lowest BCUT2D eigenvalue weighted by Gasteiger charge is -1.94. The Morgan fingerprint density at radius 3 is 2.57 bits per heavy atom. The van der Waals surface area contributed by atoms with E-state index in [1.807, 2.05) is 0 Å². The monoisotopic (exact) mass is 234 g/mol. The molecule has 5 heteroatoms. The fraction of sp³-hybridized carbons (Fsp3) is 0.111. The van der Waals surface area contributed by atoms with Gasteiger partial charge in [-0.25, -0.2) is 12.8 Å². The molecule has 0 aliphatic heterocycles. The maximum absolute atomic E-state index is 13.0. The van der Waals surface area contributed by atoms with Gasteiger partial charge in [0, 0.05) is 16.2 Å². The quantitative estimate of drug-likeness (QED) is 0.753. The van der Waals surface area contributed by atoms with Crippen molar-refractivity contribution in [2.24, 2.45) is 0 Å². The van der Waals surface area contributed by atoms with E-state index in [1.54, 1.807) is 18.2 Å². The molecule has 0 saturated carbocycles. The lowest BCUT2D eigenvalue weighted by molar-refractivity contribution is 0.612. The smallest absolute Gasteiger partial charge is 0.212 e. The van der Waals surface area contributed by atoms with Crippen LogP contribution in [0.25, 0.3) is 6.08 Å². The second kappa shape index (κ2) is 4.57. The summed E-state index contributed by atoms with van der Waals surface area (Å²) in [5.41, 5.74) is 0.341. The molecule has 0 heterocycles. The Balaban J connectivity index is 2.75. The average Bonchev–Trinajstić information content (AvgIpc) is 2.06. The highest BCUT2D eigenvalue weighted by Gasteiger charge is 2.00. The van der Waals surface area contributed by atoms with Gasteiger partial charge in [-0.05, 0) is 6.07 Å². The number of hydrogen-bond donors (Lipinski definition) is 0. The molecule has 76 valence electrons. The second-order valence-electron chi connectivity index (χ2n) is 2.63. The van der Waals surface area contributed by atoms with Gasteiger partial charge in [-0.3, -0.25) is 0 Å². The van der Waals surface area contributed by atoms with Crippen LogP contribution in [0.5, 0.6) is 0 Å². The van der Waals surface area contributed by atoms with Crippen molar-refractivity contribution < 1.29 is 12.8 Å². The van der Waals surface area contributed by atoms with Crippen LogP contribution in [-0.2, 0) is 9.05 Å². The summed E-state index contributed by atoms with van der Waals surface area (Å²) in [4.78, 5) is 0. The SMILES string of the molecule is O=S(=O)(Cl)C/C=C/c1ccccc1F. The standard InChI is InChI=1S/C9H8ClFO2S/c10-14(12,13)7-3-5-8-4-1-2-6-9(8)11/h1-6H,7H2/b5-3+. The van der Waals surface area contributed by atoms with E-state index in [-0.39, 0.29) is 5.75 Å². The molecule has 0 aromatic heterocycles. The Morgan fingerprint density at radius 2 is 2.00 bits per heavy atom. The third-order valence-electron chi connectivity index (χ3n) is 1.50. The summed E-state index contributed by atoms with van der Waals surface area (Å²) in [5.74, 6) is -0.696. The van der Waals surface area contributed by atoms with E-state index < -0.39 is 14.9 Å². The molecule has 14 heavy (non-hydrogen) atoms. The molecule has 1 aromatic carbocycles. The second-order valence-corrected chi connectivity index (χ2v) is 5.45. The van der Waals surface area contributed by atoms with Crippen LogP contribution in [0.4, 0.5) is 4.39 Å². The molecule has 2 nitrogen and oxygen atoms in total. The van der Waals surface area contributed by atoms with E-state index in [0.717, 1.165) is 0 Å². The molecule has 0 fully saturated rings. The van der Waals surface area contributed by atoms with Crippen LogP contribution >= 0.6 is 10.7 Å². The van der Waals surface area contributed by atoms with E-state index in [0.29, 0.717) is 5.56 Å². The Bertz CT molecular complexity index is 440. The van der Waals surface area contributed by atoms with Crippen molar-refractivity contribution in [3.8, 4) is 0 Å². The zero-order valence-electron chi connectivity index (χ0n) is 7.15. The largest absolute Gasteiger partial charge is 0.236 e. The summed E-state index contributed by atoms with van der Waals surface area (Å²) in [6.07, 6.45) is 2.69. The Hall–Kier alpha value is -0.870. The Labute approximate surface area is 86.4 Å². The summed E-state index contributed by atoms with van der Waals surface area (Å²) in [5, 5.41) is 0. The Kier molecular flexibility index (Phi) is 3.66. The summed E-state index contributed by atoms with van der Waals surface area (Å²) < 4.78 is 34.0. The normalized spacial score (nSPS) is 12.1. The van der Waals surface area contributed by atoms with Gasteiger partial charge in [0.05, 0.1) is 5.75 Å². The van der Waals surface area contributed by atoms with E-state index >= 15 is 0 Å². The zero-order valence-corrected chi connectivity index (χ0v) is 8.72. The first kappa shape index (κ1) is 11.2. The van der Waals surface area contributed by atoms with E-state index in [4.69, 9.17) is 10.7 Å². The van der Waals surface area contributed by atoms with Gasteiger partial charge < -0.3 is 0 Å². The highest BCUT2D eigenvalue weighted by molar-refractivity contribution is 8.13. The first-order valence-corrected chi connectivity index (χ1v) is 6.30. The van der Waals surface area contributed by atoms with E-state index in [2.05, 4.69) is 0 Å². The van der Waals surface area contributed by atoms with Gasteiger partial charge in [0.1, 0.15) is 5.82 Å². The van der Waals surface area contributed by atoms with Gasteiger partial charge in [-0.15, -0.1) is 0 Å². The first-order valence-electron chi connectivity index (χ1n) is 3.82. The van der Waals surface area contributed by atoms with E-state index in [1.165, 1.54) is 18.2 Å². The average molecular weight is 235 g/mol. The molecule has 0 saturated heterocycles. The van der Waals surface area contributed by atoms with Crippen LogP contribution in [0.1, 0.15) is 5.56 Å². The summed E-state index contributed by atoms with van der Waals surface area (Å²) in [6.45, 7) is 0. The maximum Gasteiger partial charge on any atom is 0.236 e. The van der Waals surface area contributed by atoms with Crippen LogP contribution in [0.15, 0.2) is 30.3 Å². The minimum atomic E-state index is -3.54. The fourth-order valence-electron chi connectivity index (χ4n) is 0.900. The van der Waals surface area contributed by atoms with Crippen molar-refractivity contribution in [3.05, 3.63) is 41.7 Å². The molecule has 0 aliphatic carbocycles. The minimum Gasteiger partial charge on any atom is -0.212 e. The highest BCUT2D eigenvalue weighted by Crippen LogP contribution is 2.08. The van der Waals surface area contributed by atoms with Crippen molar-refractivity contribution >= 4 is 25.8 Å². The van der Waals surface area contributed by atoms with Crippen molar-refractivity contribution in [3.63, 3.8) is 0 Å². The summed E-state index contributed by atoms with van der Waals surface area (Å²) in [7, 11) is 1.42. The van der Waals surface area contributed by atoms with Crippen LogP contribution in [0, 0.1) is 5.82 Å². The molecule has 0 N–H and O–H groups in total. The van der Waals surface area contributed by atoms with Crippen molar-refractivity contribution in [1.29, 1.82) is 0 Å². The van der Waals surface area contributed by atoms with Gasteiger partial charge in [0.2, 0.25) is 9.05 Å². The third-order valence-corrected chi connectivity index (χ3v) is 2.47. The highest BCUT2D eigenvalue weighted by atomic mass is 35.7. The van der Waals surface area contributed by atoms with Crippen molar-refractivity contribution in [1.82, 2.24) is 0 Å². The maximum atomic E-state index is 13.0. The number of hydrogen-bond acceptors (Lipinski definition) is 2. The van der Waals surface area contributed by atoms with Crippen molar-refractivity contribution in [2.75, 3.05) is 5.75 Å². The molecule has 0 aliphatic rings. The predicted molar refractivity (Wildman–Crippen MR) is 55.1 cm³/mol. The molecule has 0 spiro atoms. The van der Waals surface area contributed by atoms with Gasteiger partial charge >= 0.3 is 0 Å². The molecule has 1 aromatic rings. The first-order chi connectivity index (χ1) is 6.49. The number of halogens is 2. The third kappa shape index (κ3) is 3.89. The lowest BCUT2D eigenvalue weighted by Crippen LogP contribution is -1.92. The molecule has 0 unspecified atom stereocenters. The predicted octanol–water partition coefficient (Wildman–Crippen LogP) is 2.41. The van der Waals surface area contributed by atoms with E-state index in [9.17, 15) is 12.8 Å². The van der Waals surface area contributed by atoms with Crippen LogP contribution in [0.2, 0.25) is 0 Å². The van der Waals surface area contributed by atoms with Gasteiger partial charge in [-0.1, -0.05) is 30.4 Å². The van der Waals surface area contributed by atoms with Crippen LogP contribution in [0.3, 0.4) is 0 Å².